The molecule has 0 aliphatic rings. The Morgan fingerprint density at radius 3 is 2.05 bits per heavy atom. The monoisotopic (exact) mass is 271 g/mol. The normalized spacial score (nSPS) is 12.6. The Morgan fingerprint density at radius 2 is 1.47 bits per heavy atom. The highest BCUT2D eigenvalue weighted by atomic mass is 32.2. The number of benzene rings is 2. The molecule has 0 aliphatic heterocycles. The fourth-order valence-electron chi connectivity index (χ4n) is 2.02. The van der Waals surface area contributed by atoms with Crippen LogP contribution in [0.3, 0.4) is 0 Å². The number of rotatable bonds is 6. The van der Waals surface area contributed by atoms with Crippen molar-refractivity contribution in [1.29, 1.82) is 0 Å². The highest BCUT2D eigenvalue weighted by Gasteiger charge is 2.12. The van der Waals surface area contributed by atoms with Crippen LogP contribution in [0.15, 0.2) is 65.6 Å². The van der Waals surface area contributed by atoms with Gasteiger partial charge >= 0.3 is 0 Å². The summed E-state index contributed by atoms with van der Waals surface area (Å²) < 4.78 is 0. The molecule has 2 aromatic rings. The van der Waals surface area contributed by atoms with Gasteiger partial charge in [0.1, 0.15) is 0 Å². The molecule has 0 amide bonds. The molecule has 2 aromatic carbocycles. The van der Waals surface area contributed by atoms with Gasteiger partial charge in [0.2, 0.25) is 0 Å². The zero-order valence-corrected chi connectivity index (χ0v) is 12.4. The second-order valence-electron chi connectivity index (χ2n) is 4.91. The second-order valence-corrected chi connectivity index (χ2v) is 6.00. The Kier molecular flexibility index (Phi) is 5.49. The zero-order chi connectivity index (χ0) is 13.5. The summed E-state index contributed by atoms with van der Waals surface area (Å²) in [6.07, 6.45) is 0. The van der Waals surface area contributed by atoms with E-state index in [1.54, 1.807) is 0 Å². The first-order chi connectivity index (χ1) is 9.25. The fraction of sp³-hybridized carbons (Fsp3) is 0.294. The van der Waals surface area contributed by atoms with Crippen molar-refractivity contribution in [1.82, 2.24) is 5.32 Å². The fourth-order valence-corrected chi connectivity index (χ4v) is 3.02. The van der Waals surface area contributed by atoms with Crippen molar-refractivity contribution in [2.75, 3.05) is 5.75 Å². The van der Waals surface area contributed by atoms with E-state index in [9.17, 15) is 0 Å². The lowest BCUT2D eigenvalue weighted by Crippen LogP contribution is -2.29. The van der Waals surface area contributed by atoms with Crippen LogP contribution in [-0.4, -0.2) is 11.8 Å². The van der Waals surface area contributed by atoms with Gasteiger partial charge in [-0.25, -0.2) is 0 Å². The molecule has 1 N–H and O–H groups in total. The summed E-state index contributed by atoms with van der Waals surface area (Å²) in [5.41, 5.74) is 1.36. The van der Waals surface area contributed by atoms with Crippen molar-refractivity contribution in [3.05, 3.63) is 66.2 Å². The van der Waals surface area contributed by atoms with Crippen molar-refractivity contribution in [3.8, 4) is 0 Å². The highest BCUT2D eigenvalue weighted by Crippen LogP contribution is 2.24. The van der Waals surface area contributed by atoms with E-state index in [1.165, 1.54) is 10.5 Å². The minimum Gasteiger partial charge on any atom is -0.307 e. The Bertz CT molecular complexity index is 467. The van der Waals surface area contributed by atoms with Crippen LogP contribution in [0.5, 0.6) is 0 Å². The van der Waals surface area contributed by atoms with Crippen LogP contribution in [0.1, 0.15) is 25.5 Å². The molecule has 0 bridgehead atoms. The first-order valence-corrected chi connectivity index (χ1v) is 7.73. The quantitative estimate of drug-likeness (QED) is 0.775. The lowest BCUT2D eigenvalue weighted by atomic mass is 10.1. The molecule has 2 heteroatoms. The maximum Gasteiger partial charge on any atom is 0.0417 e. The summed E-state index contributed by atoms with van der Waals surface area (Å²) in [6.45, 7) is 4.40. The summed E-state index contributed by atoms with van der Waals surface area (Å²) in [6, 6.07) is 22.2. The average Bonchev–Trinajstić information content (AvgIpc) is 2.45. The zero-order valence-electron chi connectivity index (χ0n) is 11.5. The molecule has 19 heavy (non-hydrogen) atoms. The first kappa shape index (κ1) is 14.2. The molecule has 0 radical (unpaired) electrons. The van der Waals surface area contributed by atoms with E-state index in [1.807, 2.05) is 11.8 Å². The molecule has 100 valence electrons. The Labute approximate surface area is 120 Å². The summed E-state index contributed by atoms with van der Waals surface area (Å²) in [5, 5.41) is 3.65. The lowest BCUT2D eigenvalue weighted by molar-refractivity contribution is 0.512. The van der Waals surface area contributed by atoms with Crippen molar-refractivity contribution < 1.29 is 0 Å². The molecule has 0 saturated heterocycles. The standard InChI is InChI=1S/C17H21NS/c1-14(2)18-17(15-9-5-3-6-10-15)13-19-16-11-7-4-8-12-16/h3-12,14,17-18H,13H2,1-2H3/t17-/m1/s1. The van der Waals surface area contributed by atoms with E-state index in [0.717, 1.165) is 5.75 Å². The van der Waals surface area contributed by atoms with Crippen LogP contribution in [0, 0.1) is 0 Å². The molecule has 0 aliphatic carbocycles. The van der Waals surface area contributed by atoms with Gasteiger partial charge in [0.15, 0.2) is 0 Å². The summed E-state index contributed by atoms with van der Waals surface area (Å²) in [7, 11) is 0. The summed E-state index contributed by atoms with van der Waals surface area (Å²) in [4.78, 5) is 1.33. The predicted molar refractivity (Wildman–Crippen MR) is 84.6 cm³/mol. The van der Waals surface area contributed by atoms with Gasteiger partial charge in [-0.05, 0) is 17.7 Å². The predicted octanol–water partition coefficient (Wildman–Crippen LogP) is 4.52. The number of nitrogens with one attached hydrogen (secondary N) is 1. The molecule has 2 rings (SSSR count). The van der Waals surface area contributed by atoms with E-state index in [2.05, 4.69) is 79.8 Å². The van der Waals surface area contributed by atoms with E-state index in [0.29, 0.717) is 12.1 Å². The van der Waals surface area contributed by atoms with E-state index in [4.69, 9.17) is 0 Å². The topological polar surface area (TPSA) is 12.0 Å². The Hall–Kier alpha value is -1.25. The van der Waals surface area contributed by atoms with Crippen molar-refractivity contribution in [3.63, 3.8) is 0 Å². The molecule has 0 aromatic heterocycles. The van der Waals surface area contributed by atoms with Crippen molar-refractivity contribution in [2.24, 2.45) is 0 Å². The SMILES string of the molecule is CC(C)N[C@H](CSc1ccccc1)c1ccccc1. The number of hydrogen-bond donors (Lipinski definition) is 1. The minimum atomic E-state index is 0.395. The number of thioether (sulfide) groups is 1. The van der Waals surface area contributed by atoms with Gasteiger partial charge in [0.25, 0.3) is 0 Å². The van der Waals surface area contributed by atoms with Crippen LogP contribution < -0.4 is 5.32 Å². The van der Waals surface area contributed by atoms with Crippen molar-refractivity contribution >= 4 is 11.8 Å². The maximum absolute atomic E-state index is 3.65. The van der Waals surface area contributed by atoms with Gasteiger partial charge in [-0.3, -0.25) is 0 Å². The molecule has 1 nitrogen and oxygen atoms in total. The van der Waals surface area contributed by atoms with Gasteiger partial charge in [-0.15, -0.1) is 11.8 Å². The summed E-state index contributed by atoms with van der Waals surface area (Å²) in [5.74, 6) is 1.05. The molecule has 0 spiro atoms. The smallest absolute Gasteiger partial charge is 0.0417 e. The highest BCUT2D eigenvalue weighted by molar-refractivity contribution is 7.99. The van der Waals surface area contributed by atoms with Crippen LogP contribution in [0.25, 0.3) is 0 Å². The molecular formula is C17H21NS. The van der Waals surface area contributed by atoms with Crippen LogP contribution in [0.2, 0.25) is 0 Å². The third-order valence-corrected chi connectivity index (χ3v) is 4.00. The summed E-state index contributed by atoms with van der Waals surface area (Å²) >= 11 is 1.90. The molecular weight excluding hydrogens is 250 g/mol. The average molecular weight is 271 g/mol. The molecule has 0 fully saturated rings. The van der Waals surface area contributed by atoms with E-state index in [-0.39, 0.29) is 0 Å². The van der Waals surface area contributed by atoms with Gasteiger partial charge in [0, 0.05) is 22.7 Å². The Balaban J connectivity index is 2.02. The van der Waals surface area contributed by atoms with Crippen molar-refractivity contribution in [2.45, 2.75) is 30.8 Å². The van der Waals surface area contributed by atoms with Crippen LogP contribution in [-0.2, 0) is 0 Å². The Morgan fingerprint density at radius 1 is 0.895 bits per heavy atom. The maximum atomic E-state index is 3.65. The van der Waals surface area contributed by atoms with Gasteiger partial charge in [-0.2, -0.15) is 0 Å². The third-order valence-electron chi connectivity index (χ3n) is 2.90. The van der Waals surface area contributed by atoms with Crippen LogP contribution in [0.4, 0.5) is 0 Å². The minimum absolute atomic E-state index is 0.395. The molecule has 0 unspecified atom stereocenters. The third kappa shape index (κ3) is 4.73. The molecule has 0 saturated carbocycles. The van der Waals surface area contributed by atoms with E-state index < -0.39 is 0 Å². The molecule has 1 atom stereocenters. The molecule has 0 heterocycles. The lowest BCUT2D eigenvalue weighted by Gasteiger charge is -2.21. The van der Waals surface area contributed by atoms with Gasteiger partial charge < -0.3 is 5.32 Å². The van der Waals surface area contributed by atoms with Gasteiger partial charge in [-0.1, -0.05) is 62.4 Å². The second kappa shape index (κ2) is 7.37. The van der Waals surface area contributed by atoms with E-state index >= 15 is 0 Å². The van der Waals surface area contributed by atoms with Crippen LogP contribution >= 0.6 is 11.8 Å². The first-order valence-electron chi connectivity index (χ1n) is 6.74. The largest absolute Gasteiger partial charge is 0.307 e. The van der Waals surface area contributed by atoms with Gasteiger partial charge in [0.05, 0.1) is 0 Å². The number of hydrogen-bond acceptors (Lipinski definition) is 2.